The van der Waals surface area contributed by atoms with Gasteiger partial charge in [0, 0.05) is 12.5 Å². The van der Waals surface area contributed by atoms with Crippen LogP contribution in [0.15, 0.2) is 18.2 Å². The number of rotatable bonds is 9. The Morgan fingerprint density at radius 2 is 2.29 bits per heavy atom. The van der Waals surface area contributed by atoms with E-state index in [-0.39, 0.29) is 13.0 Å². The molecule has 0 bridgehead atoms. The minimum absolute atomic E-state index is 0.0703. The summed E-state index contributed by atoms with van der Waals surface area (Å²) in [5.74, 6) is -2.37. The lowest BCUT2D eigenvalue weighted by Crippen LogP contribution is -2.38. The van der Waals surface area contributed by atoms with Crippen LogP contribution in [0.3, 0.4) is 0 Å². The SMILES string of the molecule is CCCNC(CCOc1c(F)cccc1[N+](=O)[O-])C(=O)O. The average molecular weight is 300 g/mol. The number of nitro benzene ring substituents is 1. The maximum atomic E-state index is 13.5. The van der Waals surface area contributed by atoms with E-state index in [1.807, 2.05) is 6.92 Å². The summed E-state index contributed by atoms with van der Waals surface area (Å²) in [7, 11) is 0. The number of carboxylic acid groups (broad SMARTS) is 1. The Hall–Kier alpha value is -2.22. The van der Waals surface area contributed by atoms with Gasteiger partial charge in [-0.2, -0.15) is 0 Å². The highest BCUT2D eigenvalue weighted by Crippen LogP contribution is 2.29. The number of para-hydroxylation sites is 1. The zero-order valence-electron chi connectivity index (χ0n) is 11.5. The molecule has 21 heavy (non-hydrogen) atoms. The van der Waals surface area contributed by atoms with Crippen LogP contribution < -0.4 is 10.1 Å². The predicted molar refractivity (Wildman–Crippen MR) is 72.9 cm³/mol. The molecule has 1 atom stereocenters. The molecule has 0 saturated heterocycles. The molecule has 1 rings (SSSR count). The van der Waals surface area contributed by atoms with Crippen molar-refractivity contribution in [1.29, 1.82) is 0 Å². The zero-order chi connectivity index (χ0) is 15.8. The maximum Gasteiger partial charge on any atom is 0.320 e. The lowest BCUT2D eigenvalue weighted by molar-refractivity contribution is -0.386. The molecule has 0 aliphatic rings. The third-order valence-electron chi connectivity index (χ3n) is 2.73. The topological polar surface area (TPSA) is 102 Å². The molecule has 8 heteroatoms. The van der Waals surface area contributed by atoms with Gasteiger partial charge < -0.3 is 15.2 Å². The van der Waals surface area contributed by atoms with Crippen molar-refractivity contribution in [1.82, 2.24) is 5.32 Å². The van der Waals surface area contributed by atoms with Crippen molar-refractivity contribution in [3.8, 4) is 5.75 Å². The van der Waals surface area contributed by atoms with Crippen molar-refractivity contribution in [3.63, 3.8) is 0 Å². The molecule has 0 aromatic heterocycles. The summed E-state index contributed by atoms with van der Waals surface area (Å²) in [4.78, 5) is 21.0. The fourth-order valence-corrected chi connectivity index (χ4v) is 1.69. The number of carboxylic acids is 1. The molecule has 1 aromatic carbocycles. The number of nitrogens with zero attached hydrogens (tertiary/aromatic N) is 1. The molecule has 0 spiro atoms. The van der Waals surface area contributed by atoms with Gasteiger partial charge in [0.15, 0.2) is 5.82 Å². The second kappa shape index (κ2) is 8.15. The van der Waals surface area contributed by atoms with E-state index < -0.39 is 34.2 Å². The van der Waals surface area contributed by atoms with E-state index in [2.05, 4.69) is 5.32 Å². The summed E-state index contributed by atoms with van der Waals surface area (Å²) < 4.78 is 18.6. The lowest BCUT2D eigenvalue weighted by atomic mass is 10.2. The molecule has 0 heterocycles. The fourth-order valence-electron chi connectivity index (χ4n) is 1.69. The Morgan fingerprint density at radius 1 is 1.57 bits per heavy atom. The first kappa shape index (κ1) is 16.8. The highest BCUT2D eigenvalue weighted by atomic mass is 19.1. The molecule has 7 nitrogen and oxygen atoms in total. The highest BCUT2D eigenvalue weighted by molar-refractivity contribution is 5.73. The minimum Gasteiger partial charge on any atom is -0.485 e. The fraction of sp³-hybridized carbons (Fsp3) is 0.462. The van der Waals surface area contributed by atoms with E-state index in [9.17, 15) is 19.3 Å². The first-order chi connectivity index (χ1) is 9.97. The molecule has 0 saturated carbocycles. The normalized spacial score (nSPS) is 11.9. The highest BCUT2D eigenvalue weighted by Gasteiger charge is 2.21. The molecular formula is C13H17FN2O5. The van der Waals surface area contributed by atoms with Gasteiger partial charge in [0.05, 0.1) is 11.5 Å². The summed E-state index contributed by atoms with van der Waals surface area (Å²) >= 11 is 0. The second-order valence-electron chi connectivity index (χ2n) is 4.33. The smallest absolute Gasteiger partial charge is 0.320 e. The third kappa shape index (κ3) is 4.99. The van der Waals surface area contributed by atoms with E-state index in [1.54, 1.807) is 0 Å². The van der Waals surface area contributed by atoms with Gasteiger partial charge in [-0.3, -0.25) is 14.9 Å². The standard InChI is InChI=1S/C13H17FN2O5/c1-2-7-15-10(13(17)18)6-8-21-12-9(14)4-3-5-11(12)16(19)20/h3-5,10,15H,2,6-8H2,1H3,(H,17,18). The van der Waals surface area contributed by atoms with Crippen molar-refractivity contribution in [3.05, 3.63) is 34.1 Å². The van der Waals surface area contributed by atoms with Crippen molar-refractivity contribution >= 4 is 11.7 Å². The predicted octanol–water partition coefficient (Wildman–Crippen LogP) is 1.96. The summed E-state index contributed by atoms with van der Waals surface area (Å²) in [5, 5.41) is 22.6. The number of nitro groups is 1. The number of benzene rings is 1. The minimum atomic E-state index is -1.05. The molecule has 1 aromatic rings. The van der Waals surface area contributed by atoms with Crippen LogP contribution in [-0.4, -0.2) is 35.2 Å². The van der Waals surface area contributed by atoms with E-state index >= 15 is 0 Å². The number of carbonyl (C=O) groups is 1. The Balaban J connectivity index is 2.66. The van der Waals surface area contributed by atoms with Crippen LogP contribution in [-0.2, 0) is 4.79 Å². The summed E-state index contributed by atoms with van der Waals surface area (Å²) in [5.41, 5.74) is -0.483. The van der Waals surface area contributed by atoms with Crippen LogP contribution in [0.2, 0.25) is 0 Å². The van der Waals surface area contributed by atoms with E-state index in [4.69, 9.17) is 9.84 Å². The Labute approximate surface area is 120 Å². The monoisotopic (exact) mass is 300 g/mol. The van der Waals surface area contributed by atoms with Gasteiger partial charge in [0.1, 0.15) is 6.04 Å². The summed E-state index contributed by atoms with van der Waals surface area (Å²) in [6, 6.07) is 2.55. The number of ether oxygens (including phenoxy) is 1. The van der Waals surface area contributed by atoms with Crippen LogP contribution >= 0.6 is 0 Å². The Kier molecular flexibility index (Phi) is 6.54. The summed E-state index contributed by atoms with van der Waals surface area (Å²) in [6.45, 7) is 2.28. The molecule has 0 amide bonds. The quantitative estimate of drug-likeness (QED) is 0.534. The van der Waals surface area contributed by atoms with Gasteiger partial charge in [-0.1, -0.05) is 13.0 Å². The molecule has 1 unspecified atom stereocenters. The van der Waals surface area contributed by atoms with Crippen molar-refractivity contribution in [2.24, 2.45) is 0 Å². The molecule has 0 aliphatic heterocycles. The summed E-state index contributed by atoms with van der Waals surface area (Å²) in [6.07, 6.45) is 0.838. The number of aliphatic carboxylic acids is 1. The van der Waals surface area contributed by atoms with Gasteiger partial charge in [0.2, 0.25) is 5.75 Å². The van der Waals surface area contributed by atoms with Crippen molar-refractivity contribution in [2.75, 3.05) is 13.2 Å². The zero-order valence-corrected chi connectivity index (χ0v) is 11.5. The number of nitrogens with one attached hydrogen (secondary N) is 1. The second-order valence-corrected chi connectivity index (χ2v) is 4.33. The van der Waals surface area contributed by atoms with Crippen LogP contribution in [0, 0.1) is 15.9 Å². The largest absolute Gasteiger partial charge is 0.485 e. The van der Waals surface area contributed by atoms with E-state index in [1.165, 1.54) is 6.07 Å². The van der Waals surface area contributed by atoms with Crippen LogP contribution in [0.25, 0.3) is 0 Å². The van der Waals surface area contributed by atoms with Crippen molar-refractivity contribution < 1.29 is 24.0 Å². The molecule has 0 fully saturated rings. The number of hydrogen-bond acceptors (Lipinski definition) is 5. The molecule has 2 N–H and O–H groups in total. The third-order valence-corrected chi connectivity index (χ3v) is 2.73. The van der Waals surface area contributed by atoms with Gasteiger partial charge in [0.25, 0.3) is 0 Å². The average Bonchev–Trinajstić information content (AvgIpc) is 2.43. The number of halogens is 1. The van der Waals surface area contributed by atoms with Crippen LogP contribution in [0.5, 0.6) is 5.75 Å². The Morgan fingerprint density at radius 3 is 2.86 bits per heavy atom. The first-order valence-corrected chi connectivity index (χ1v) is 6.49. The maximum absolute atomic E-state index is 13.5. The molecular weight excluding hydrogens is 283 g/mol. The first-order valence-electron chi connectivity index (χ1n) is 6.49. The molecule has 116 valence electrons. The molecule has 0 aliphatic carbocycles. The van der Waals surface area contributed by atoms with Crippen LogP contribution in [0.1, 0.15) is 19.8 Å². The van der Waals surface area contributed by atoms with Crippen LogP contribution in [0.4, 0.5) is 10.1 Å². The lowest BCUT2D eigenvalue weighted by Gasteiger charge is -2.14. The van der Waals surface area contributed by atoms with E-state index in [0.29, 0.717) is 6.54 Å². The van der Waals surface area contributed by atoms with Gasteiger partial charge >= 0.3 is 11.7 Å². The Bertz CT molecular complexity index is 509. The van der Waals surface area contributed by atoms with Gasteiger partial charge in [-0.15, -0.1) is 0 Å². The van der Waals surface area contributed by atoms with E-state index in [0.717, 1.165) is 18.6 Å². The van der Waals surface area contributed by atoms with Gasteiger partial charge in [-0.25, -0.2) is 4.39 Å². The molecule has 0 radical (unpaired) electrons. The van der Waals surface area contributed by atoms with Crippen molar-refractivity contribution in [2.45, 2.75) is 25.8 Å². The van der Waals surface area contributed by atoms with Gasteiger partial charge in [-0.05, 0) is 19.0 Å². The number of hydrogen-bond donors (Lipinski definition) is 2.